The van der Waals surface area contributed by atoms with E-state index in [0.717, 1.165) is 0 Å². The van der Waals surface area contributed by atoms with Crippen molar-refractivity contribution < 1.29 is 27.8 Å². The quantitative estimate of drug-likeness (QED) is 0.820. The molecular formula is C8H5ClF3NO4. The number of alkyl halides is 4. The second-order valence-electron chi connectivity index (χ2n) is 2.84. The molecule has 0 bridgehead atoms. The lowest BCUT2D eigenvalue weighted by atomic mass is 10.2. The van der Waals surface area contributed by atoms with Crippen LogP contribution in [0.1, 0.15) is 16.1 Å². The van der Waals surface area contributed by atoms with E-state index in [1.54, 1.807) is 0 Å². The van der Waals surface area contributed by atoms with E-state index in [0.29, 0.717) is 6.07 Å². The summed E-state index contributed by atoms with van der Waals surface area (Å²) in [7, 11) is 0. The molecule has 0 radical (unpaired) electrons. The summed E-state index contributed by atoms with van der Waals surface area (Å²) < 4.78 is 39.5. The highest BCUT2D eigenvalue weighted by Gasteiger charge is 2.33. The summed E-state index contributed by atoms with van der Waals surface area (Å²) in [5.74, 6) is -3.15. The van der Waals surface area contributed by atoms with Crippen LogP contribution in [0, 0.1) is 0 Å². The van der Waals surface area contributed by atoms with Crippen LogP contribution < -0.4 is 10.2 Å². The smallest absolute Gasteiger partial charge is 0.477 e. The van der Waals surface area contributed by atoms with Crippen LogP contribution in [0.2, 0.25) is 0 Å². The van der Waals surface area contributed by atoms with Crippen LogP contribution in [0.3, 0.4) is 0 Å². The molecule has 0 aliphatic carbocycles. The molecule has 2 N–H and O–H groups in total. The molecule has 0 atom stereocenters. The Bertz CT molecular complexity index is 497. The molecule has 1 rings (SSSR count). The zero-order valence-corrected chi connectivity index (χ0v) is 8.72. The second-order valence-corrected chi connectivity index (χ2v) is 3.11. The van der Waals surface area contributed by atoms with E-state index in [-0.39, 0.29) is 0 Å². The molecule has 0 unspecified atom stereocenters. The lowest BCUT2D eigenvalue weighted by Gasteiger charge is -2.11. The number of carboxylic acid groups (broad SMARTS) is 1. The Morgan fingerprint density at radius 2 is 2.12 bits per heavy atom. The summed E-state index contributed by atoms with van der Waals surface area (Å²) in [6, 6.07) is 0.628. The van der Waals surface area contributed by atoms with Crippen molar-refractivity contribution in [1.82, 2.24) is 4.98 Å². The minimum atomic E-state index is -5.05. The summed E-state index contributed by atoms with van der Waals surface area (Å²) in [6.45, 7) is 0. The van der Waals surface area contributed by atoms with Gasteiger partial charge in [0.25, 0.3) is 0 Å². The van der Waals surface area contributed by atoms with Gasteiger partial charge in [0.15, 0.2) is 5.43 Å². The Kier molecular flexibility index (Phi) is 3.66. The van der Waals surface area contributed by atoms with Gasteiger partial charge in [0.2, 0.25) is 5.88 Å². The zero-order valence-electron chi connectivity index (χ0n) is 7.97. The summed E-state index contributed by atoms with van der Waals surface area (Å²) in [5.41, 5.74) is -2.16. The fourth-order valence-electron chi connectivity index (χ4n) is 1.01. The second kappa shape index (κ2) is 4.66. The predicted octanol–water partition coefficient (Wildman–Crippen LogP) is 1.71. The minimum absolute atomic E-state index is 0.492. The number of hydrogen-bond donors (Lipinski definition) is 2. The Hall–Kier alpha value is -1.70. The summed E-state index contributed by atoms with van der Waals surface area (Å²) in [5, 5.41) is 8.56. The molecule has 1 aromatic heterocycles. The number of aromatic nitrogens is 1. The molecule has 0 saturated heterocycles. The Labute approximate surface area is 96.8 Å². The molecule has 0 aliphatic heterocycles. The van der Waals surface area contributed by atoms with Crippen LogP contribution >= 0.6 is 11.6 Å². The van der Waals surface area contributed by atoms with E-state index in [4.69, 9.17) is 16.7 Å². The number of carbonyl (C=O) groups is 1. The Morgan fingerprint density at radius 3 is 2.53 bits per heavy atom. The number of hydrogen-bond acceptors (Lipinski definition) is 3. The maximum atomic E-state index is 12.0. The molecule has 1 aromatic rings. The summed E-state index contributed by atoms with van der Waals surface area (Å²) >= 11 is 5.28. The molecule has 17 heavy (non-hydrogen) atoms. The van der Waals surface area contributed by atoms with E-state index in [1.165, 1.54) is 0 Å². The molecule has 0 saturated carbocycles. The number of pyridine rings is 1. The number of H-pyrrole nitrogens is 1. The van der Waals surface area contributed by atoms with Gasteiger partial charge in [-0.3, -0.25) is 4.79 Å². The molecule has 1 heterocycles. The van der Waals surface area contributed by atoms with Gasteiger partial charge in [-0.25, -0.2) is 4.79 Å². The van der Waals surface area contributed by atoms with Crippen LogP contribution in [0.5, 0.6) is 5.88 Å². The van der Waals surface area contributed by atoms with E-state index in [1.807, 2.05) is 4.98 Å². The fraction of sp³-hybridized carbons (Fsp3) is 0.250. The van der Waals surface area contributed by atoms with Gasteiger partial charge in [-0.1, -0.05) is 0 Å². The molecule has 0 aromatic carbocycles. The maximum absolute atomic E-state index is 12.0. The van der Waals surface area contributed by atoms with Crippen LogP contribution in [0.15, 0.2) is 10.9 Å². The third-order valence-electron chi connectivity index (χ3n) is 1.68. The van der Waals surface area contributed by atoms with Gasteiger partial charge in [-0.15, -0.1) is 24.8 Å². The maximum Gasteiger partial charge on any atom is 0.574 e. The first kappa shape index (κ1) is 13.4. The first-order valence-electron chi connectivity index (χ1n) is 4.06. The molecular weight excluding hydrogens is 267 g/mol. The first-order valence-corrected chi connectivity index (χ1v) is 4.59. The zero-order chi connectivity index (χ0) is 13.2. The number of ether oxygens (including phenoxy) is 1. The standard InChI is InChI=1S/C8H5ClF3NO4/c9-2-3-5(14)1-4(7(15)16)13-6(3)17-8(10,11)12/h1H,2H2,(H,13,14)(H,15,16). The van der Waals surface area contributed by atoms with Gasteiger partial charge in [0.1, 0.15) is 5.69 Å². The SMILES string of the molecule is O=C(O)c1cc(=O)c(CCl)c(OC(F)(F)F)[nH]1. The number of aromatic amines is 1. The van der Waals surface area contributed by atoms with E-state index < -0.39 is 40.8 Å². The summed E-state index contributed by atoms with van der Waals surface area (Å²) in [6.07, 6.45) is -5.05. The van der Waals surface area contributed by atoms with Crippen molar-refractivity contribution >= 4 is 17.6 Å². The van der Waals surface area contributed by atoms with Crippen LogP contribution in [0.4, 0.5) is 13.2 Å². The highest BCUT2D eigenvalue weighted by molar-refractivity contribution is 6.17. The molecule has 0 fully saturated rings. The minimum Gasteiger partial charge on any atom is -0.477 e. The Morgan fingerprint density at radius 1 is 1.53 bits per heavy atom. The number of carboxylic acids is 1. The van der Waals surface area contributed by atoms with Crippen molar-refractivity contribution in [1.29, 1.82) is 0 Å². The lowest BCUT2D eigenvalue weighted by Crippen LogP contribution is -2.23. The molecule has 9 heteroatoms. The monoisotopic (exact) mass is 271 g/mol. The molecule has 94 valence electrons. The average Bonchev–Trinajstić information content (AvgIpc) is 2.14. The largest absolute Gasteiger partial charge is 0.574 e. The van der Waals surface area contributed by atoms with Gasteiger partial charge >= 0.3 is 12.3 Å². The van der Waals surface area contributed by atoms with Gasteiger partial charge in [-0.2, -0.15) is 0 Å². The highest BCUT2D eigenvalue weighted by atomic mass is 35.5. The fourth-order valence-corrected chi connectivity index (χ4v) is 1.26. The highest BCUT2D eigenvalue weighted by Crippen LogP contribution is 2.23. The first-order chi connectivity index (χ1) is 7.74. The van der Waals surface area contributed by atoms with Crippen LogP contribution in [-0.4, -0.2) is 22.4 Å². The molecule has 0 aliphatic rings. The van der Waals surface area contributed by atoms with Gasteiger partial charge in [-0.05, 0) is 0 Å². The van der Waals surface area contributed by atoms with Gasteiger partial charge in [0.05, 0.1) is 11.4 Å². The van der Waals surface area contributed by atoms with Crippen molar-refractivity contribution in [2.75, 3.05) is 0 Å². The number of rotatable bonds is 3. The third kappa shape index (κ3) is 3.38. The van der Waals surface area contributed by atoms with Crippen LogP contribution in [-0.2, 0) is 5.88 Å². The molecule has 0 spiro atoms. The van der Waals surface area contributed by atoms with E-state index in [9.17, 15) is 22.8 Å². The number of halogens is 4. The van der Waals surface area contributed by atoms with Crippen molar-refractivity contribution in [3.63, 3.8) is 0 Å². The number of aromatic carboxylic acids is 1. The van der Waals surface area contributed by atoms with Gasteiger partial charge < -0.3 is 14.8 Å². The predicted molar refractivity (Wildman–Crippen MR) is 50.3 cm³/mol. The van der Waals surface area contributed by atoms with E-state index >= 15 is 0 Å². The van der Waals surface area contributed by atoms with Crippen molar-refractivity contribution in [3.05, 3.63) is 27.5 Å². The topological polar surface area (TPSA) is 79.4 Å². The lowest BCUT2D eigenvalue weighted by molar-refractivity contribution is -0.276. The van der Waals surface area contributed by atoms with Crippen molar-refractivity contribution in [2.24, 2.45) is 0 Å². The number of nitrogens with one attached hydrogen (secondary N) is 1. The summed E-state index contributed by atoms with van der Waals surface area (Å²) in [4.78, 5) is 23.6. The Balaban J connectivity index is 3.34. The van der Waals surface area contributed by atoms with E-state index in [2.05, 4.69) is 4.74 Å². The van der Waals surface area contributed by atoms with Crippen LogP contribution in [0.25, 0.3) is 0 Å². The molecule has 0 amide bonds. The average molecular weight is 272 g/mol. The molecule has 5 nitrogen and oxygen atoms in total. The van der Waals surface area contributed by atoms with Crippen molar-refractivity contribution in [3.8, 4) is 5.88 Å². The third-order valence-corrected chi connectivity index (χ3v) is 1.94. The normalized spacial score (nSPS) is 11.3. The van der Waals surface area contributed by atoms with Gasteiger partial charge in [0, 0.05) is 6.07 Å². The van der Waals surface area contributed by atoms with Crippen molar-refractivity contribution in [2.45, 2.75) is 12.2 Å².